The van der Waals surface area contributed by atoms with E-state index in [1.54, 1.807) is 13.0 Å². The number of urea groups is 1. The Labute approximate surface area is 146 Å². The maximum atomic E-state index is 11.9. The molecular formula is C16H22N2O6S. The maximum Gasteiger partial charge on any atom is 0.338 e. The van der Waals surface area contributed by atoms with Crippen molar-refractivity contribution >= 4 is 27.7 Å². The van der Waals surface area contributed by atoms with E-state index in [1.807, 2.05) is 12.2 Å². The van der Waals surface area contributed by atoms with Gasteiger partial charge in [0.1, 0.15) is 0 Å². The third-order valence-corrected chi connectivity index (χ3v) is 4.03. The Morgan fingerprint density at radius 3 is 2.52 bits per heavy atom. The van der Waals surface area contributed by atoms with Crippen LogP contribution in [-0.4, -0.2) is 45.2 Å². The van der Waals surface area contributed by atoms with E-state index >= 15 is 0 Å². The number of carbonyl (C=O) groups is 3. The third kappa shape index (κ3) is 8.30. The molecule has 0 aliphatic heterocycles. The first-order valence-corrected chi connectivity index (χ1v) is 9.71. The number of benzene rings is 1. The Kier molecular flexibility index (Phi) is 7.56. The lowest BCUT2D eigenvalue weighted by Gasteiger charge is -2.11. The number of hydrogen-bond acceptors (Lipinski definition) is 6. The topological polar surface area (TPSA) is 119 Å². The Hall–Kier alpha value is -2.42. The van der Waals surface area contributed by atoms with Gasteiger partial charge in [0.15, 0.2) is 16.4 Å². The number of rotatable bonds is 7. The molecule has 0 saturated carbocycles. The molecule has 0 fully saturated rings. The Bertz CT molecular complexity index is 745. The summed E-state index contributed by atoms with van der Waals surface area (Å²) in [7, 11) is -3.23. The number of hydrogen-bond donors (Lipinski definition) is 2. The lowest BCUT2D eigenvalue weighted by atomic mass is 10.1. The van der Waals surface area contributed by atoms with Crippen molar-refractivity contribution in [1.29, 1.82) is 0 Å². The zero-order valence-corrected chi connectivity index (χ0v) is 15.2. The molecule has 1 aromatic rings. The molecule has 1 rings (SSSR count). The van der Waals surface area contributed by atoms with E-state index in [4.69, 9.17) is 4.74 Å². The second kappa shape index (κ2) is 9.16. The largest absolute Gasteiger partial charge is 0.452 e. The molecular weight excluding hydrogens is 348 g/mol. The van der Waals surface area contributed by atoms with Crippen molar-refractivity contribution < 1.29 is 27.5 Å². The predicted molar refractivity (Wildman–Crippen MR) is 91.7 cm³/mol. The van der Waals surface area contributed by atoms with Crippen molar-refractivity contribution in [2.24, 2.45) is 0 Å². The van der Waals surface area contributed by atoms with Crippen LogP contribution in [0.1, 0.15) is 36.2 Å². The molecule has 1 atom stereocenters. The summed E-state index contributed by atoms with van der Waals surface area (Å²) in [5.74, 6) is -1.75. The predicted octanol–water partition coefficient (Wildman–Crippen LogP) is 1.01. The fraction of sp³-hybridized carbons (Fsp3) is 0.438. The van der Waals surface area contributed by atoms with Gasteiger partial charge in [-0.05, 0) is 31.0 Å². The first kappa shape index (κ1) is 20.6. The van der Waals surface area contributed by atoms with E-state index < -0.39 is 34.4 Å². The molecule has 0 saturated heterocycles. The highest BCUT2D eigenvalue weighted by Gasteiger charge is 2.14. The van der Waals surface area contributed by atoms with Crippen molar-refractivity contribution in [2.75, 3.05) is 12.9 Å². The standard InChI is InChI=1S/C16H22N2O6S/c1-4-11(2)17-16(21)18-14(19)9-24-15(20)13-7-5-6-12(8-13)10-25(3,22)23/h5-8,11H,4,9-10H2,1-3H3,(H2,17,18,19,21)/t11-/m1/s1. The monoisotopic (exact) mass is 370 g/mol. The number of sulfone groups is 1. The molecule has 9 heteroatoms. The van der Waals surface area contributed by atoms with Crippen molar-refractivity contribution in [1.82, 2.24) is 10.6 Å². The molecule has 0 heterocycles. The fourth-order valence-electron chi connectivity index (χ4n) is 1.83. The molecule has 2 N–H and O–H groups in total. The number of esters is 1. The van der Waals surface area contributed by atoms with Crippen LogP contribution in [0.15, 0.2) is 24.3 Å². The summed E-state index contributed by atoms with van der Waals surface area (Å²) in [6.07, 6.45) is 1.80. The Morgan fingerprint density at radius 1 is 1.24 bits per heavy atom. The van der Waals surface area contributed by atoms with Gasteiger partial charge in [-0.15, -0.1) is 0 Å². The molecule has 25 heavy (non-hydrogen) atoms. The molecule has 0 spiro atoms. The maximum absolute atomic E-state index is 11.9. The lowest BCUT2D eigenvalue weighted by Crippen LogP contribution is -2.44. The van der Waals surface area contributed by atoms with Gasteiger partial charge in [-0.1, -0.05) is 19.1 Å². The molecule has 3 amide bonds. The molecule has 0 aliphatic rings. The SMILES string of the molecule is CC[C@@H](C)NC(=O)NC(=O)COC(=O)c1cccc(CS(C)(=O)=O)c1. The smallest absolute Gasteiger partial charge is 0.338 e. The van der Waals surface area contributed by atoms with Gasteiger partial charge in [0.25, 0.3) is 5.91 Å². The summed E-state index contributed by atoms with van der Waals surface area (Å²) in [5.41, 5.74) is 0.562. The van der Waals surface area contributed by atoms with Gasteiger partial charge in [0.05, 0.1) is 11.3 Å². The van der Waals surface area contributed by atoms with Crippen LogP contribution >= 0.6 is 0 Å². The average molecular weight is 370 g/mol. The van der Waals surface area contributed by atoms with Crippen LogP contribution < -0.4 is 10.6 Å². The van der Waals surface area contributed by atoms with E-state index in [0.717, 1.165) is 6.26 Å². The number of carbonyl (C=O) groups excluding carboxylic acids is 3. The summed E-state index contributed by atoms with van der Waals surface area (Å²) in [5, 5.41) is 4.59. The van der Waals surface area contributed by atoms with Crippen LogP contribution in [0.5, 0.6) is 0 Å². The first-order chi connectivity index (χ1) is 11.6. The van der Waals surface area contributed by atoms with Crippen molar-refractivity contribution in [2.45, 2.75) is 32.1 Å². The molecule has 0 unspecified atom stereocenters. The van der Waals surface area contributed by atoms with Crippen molar-refractivity contribution in [3.8, 4) is 0 Å². The van der Waals surface area contributed by atoms with Crippen LogP contribution in [0, 0.1) is 0 Å². The van der Waals surface area contributed by atoms with Gasteiger partial charge in [0.2, 0.25) is 0 Å². The minimum atomic E-state index is -3.23. The van der Waals surface area contributed by atoms with Gasteiger partial charge < -0.3 is 10.1 Å². The molecule has 0 aromatic heterocycles. The number of nitrogens with one attached hydrogen (secondary N) is 2. The van der Waals surface area contributed by atoms with E-state index in [-0.39, 0.29) is 17.4 Å². The number of imide groups is 1. The second-order valence-electron chi connectivity index (χ2n) is 5.68. The molecule has 0 radical (unpaired) electrons. The van der Waals surface area contributed by atoms with E-state index in [9.17, 15) is 22.8 Å². The van der Waals surface area contributed by atoms with Crippen LogP contribution in [0.25, 0.3) is 0 Å². The zero-order valence-electron chi connectivity index (χ0n) is 14.4. The van der Waals surface area contributed by atoms with Crippen LogP contribution in [-0.2, 0) is 25.1 Å². The molecule has 0 bridgehead atoms. The molecule has 138 valence electrons. The fourth-order valence-corrected chi connectivity index (χ4v) is 2.61. The minimum Gasteiger partial charge on any atom is -0.452 e. The second-order valence-corrected chi connectivity index (χ2v) is 7.82. The van der Waals surface area contributed by atoms with E-state index in [0.29, 0.717) is 12.0 Å². The van der Waals surface area contributed by atoms with Gasteiger partial charge >= 0.3 is 12.0 Å². The Balaban J connectivity index is 2.55. The number of amides is 3. The van der Waals surface area contributed by atoms with Gasteiger partial charge in [-0.3, -0.25) is 10.1 Å². The normalized spacial score (nSPS) is 12.1. The van der Waals surface area contributed by atoms with Gasteiger partial charge in [-0.2, -0.15) is 0 Å². The van der Waals surface area contributed by atoms with Gasteiger partial charge in [0, 0.05) is 12.3 Å². The minimum absolute atomic E-state index is 0.0899. The molecule has 1 aromatic carbocycles. The zero-order chi connectivity index (χ0) is 19.0. The van der Waals surface area contributed by atoms with Crippen molar-refractivity contribution in [3.63, 3.8) is 0 Å². The number of ether oxygens (including phenoxy) is 1. The summed E-state index contributed by atoms with van der Waals surface area (Å²) in [4.78, 5) is 35.0. The summed E-state index contributed by atoms with van der Waals surface area (Å²) in [6, 6.07) is 5.18. The van der Waals surface area contributed by atoms with Crippen LogP contribution in [0.3, 0.4) is 0 Å². The lowest BCUT2D eigenvalue weighted by molar-refractivity contribution is -0.123. The summed E-state index contributed by atoms with van der Waals surface area (Å²) in [6.45, 7) is 3.04. The Morgan fingerprint density at radius 2 is 1.92 bits per heavy atom. The highest BCUT2D eigenvalue weighted by atomic mass is 32.2. The highest BCUT2D eigenvalue weighted by molar-refractivity contribution is 7.89. The van der Waals surface area contributed by atoms with E-state index in [2.05, 4.69) is 5.32 Å². The highest BCUT2D eigenvalue weighted by Crippen LogP contribution is 2.10. The van der Waals surface area contributed by atoms with Crippen molar-refractivity contribution in [3.05, 3.63) is 35.4 Å². The third-order valence-electron chi connectivity index (χ3n) is 3.17. The van der Waals surface area contributed by atoms with Gasteiger partial charge in [-0.25, -0.2) is 18.0 Å². The average Bonchev–Trinajstić information content (AvgIpc) is 2.50. The first-order valence-electron chi connectivity index (χ1n) is 7.65. The quantitative estimate of drug-likeness (QED) is 0.692. The van der Waals surface area contributed by atoms with Crippen LogP contribution in [0.2, 0.25) is 0 Å². The summed E-state index contributed by atoms with van der Waals surface area (Å²) >= 11 is 0. The molecule has 8 nitrogen and oxygen atoms in total. The molecule has 0 aliphatic carbocycles. The van der Waals surface area contributed by atoms with E-state index in [1.165, 1.54) is 18.2 Å². The van der Waals surface area contributed by atoms with Crippen LogP contribution in [0.4, 0.5) is 4.79 Å². The summed E-state index contributed by atoms with van der Waals surface area (Å²) < 4.78 is 27.4.